The van der Waals surface area contributed by atoms with Gasteiger partial charge in [0, 0.05) is 72.1 Å². The molecule has 0 atom stereocenters. The number of thiophene rings is 4. The Morgan fingerprint density at radius 3 is 1.32 bits per heavy atom. The van der Waals surface area contributed by atoms with Gasteiger partial charge in [-0.2, -0.15) is 0 Å². The van der Waals surface area contributed by atoms with Crippen molar-refractivity contribution in [2.24, 2.45) is 0 Å². The smallest absolute Gasteiger partial charge is 0.130 e. The van der Waals surface area contributed by atoms with E-state index in [-0.39, 0.29) is 0 Å². The zero-order valence-electron chi connectivity index (χ0n) is 70.9. The van der Waals surface area contributed by atoms with Crippen molar-refractivity contribution in [1.29, 1.82) is 0 Å². The molecule has 2 aliphatic rings. The van der Waals surface area contributed by atoms with Crippen LogP contribution in [-0.2, 0) is 6.42 Å². The summed E-state index contributed by atoms with van der Waals surface area (Å²) in [7, 11) is 10.6. The lowest BCUT2D eigenvalue weighted by molar-refractivity contribution is 0.392. The zero-order chi connectivity index (χ0) is 86.6. The van der Waals surface area contributed by atoms with Crippen LogP contribution in [0.2, 0.25) is 0 Å². The molecule has 17 aromatic rings. The van der Waals surface area contributed by atoms with Crippen molar-refractivity contribution in [2.45, 2.75) is 13.3 Å². The van der Waals surface area contributed by atoms with Gasteiger partial charge in [-0.3, -0.25) is 0 Å². The first kappa shape index (κ1) is 88.4. The summed E-state index contributed by atoms with van der Waals surface area (Å²) in [5, 5.41) is 10.5. The molecule has 0 fully saturated rings. The summed E-state index contributed by atoms with van der Waals surface area (Å²) in [6.07, 6.45) is 7.03. The molecule has 13 aromatic carbocycles. The van der Waals surface area contributed by atoms with E-state index in [1.165, 1.54) is 134 Å². The second-order valence-corrected chi connectivity index (χ2v) is 33.1. The van der Waals surface area contributed by atoms with Crippen molar-refractivity contribution in [3.05, 3.63) is 491 Å². The van der Waals surface area contributed by atoms with Gasteiger partial charge < -0.3 is 23.8 Å². The van der Waals surface area contributed by atoms with Crippen LogP contribution in [0, 0.1) is 0 Å². The number of nitrogens with zero attached hydrogens (tertiary/aromatic N) is 1. The van der Waals surface area contributed by atoms with Crippen LogP contribution < -0.4 is 23.8 Å². The minimum Gasteiger partial charge on any atom is -0.497 e. The number of allylic oxidation sites excluding steroid dienone is 3. The lowest BCUT2D eigenvalue weighted by Gasteiger charge is -2.16. The van der Waals surface area contributed by atoms with Gasteiger partial charge in [-0.1, -0.05) is 325 Å². The number of rotatable bonds is 17. The fourth-order valence-corrected chi connectivity index (χ4v) is 17.3. The van der Waals surface area contributed by atoms with Gasteiger partial charge in [-0.05, 0) is 231 Å². The molecule has 4 aromatic heterocycles. The number of anilines is 1. The Kier molecular flexibility index (Phi) is 31.5. The maximum absolute atomic E-state index is 5.44. The second-order valence-electron chi connectivity index (χ2n) is 29.0. The van der Waals surface area contributed by atoms with E-state index in [0.717, 1.165) is 56.9 Å². The van der Waals surface area contributed by atoms with Gasteiger partial charge in [0.1, 0.15) is 23.0 Å². The molecule has 0 unspecified atom stereocenters. The van der Waals surface area contributed by atoms with E-state index in [9.17, 15) is 0 Å². The van der Waals surface area contributed by atoms with E-state index < -0.39 is 0 Å². The Hall–Kier alpha value is -13.9. The van der Waals surface area contributed by atoms with Crippen LogP contribution in [-0.4, -0.2) is 42.5 Å². The SMILES string of the molecule is C=C(C)c1ccc2ccccc2c1.C=C(C1=Cc2ccccc2C1)c1cc2ccccc2s1.C=C(c1ccc(OC)cc1OC)c1ccc(OC)cc1OC.C=C(c1ccccc1)c1ccc(N(C)C)cc1.C=C(c1ccccc1)c1ccc2ccccc2c1.C=C1c2ccccc2-c2ccccc21.C=Cc1ccc(-c2cccs2)s1.C=Cc1cccs1. The Balaban J connectivity index is 0.000000130. The summed E-state index contributed by atoms with van der Waals surface area (Å²) in [5.74, 6) is 2.86. The van der Waals surface area contributed by atoms with Crippen LogP contribution in [0.1, 0.15) is 82.8 Å². The number of fused-ring (bicyclic) bond motifs is 7. The highest BCUT2D eigenvalue weighted by atomic mass is 32.1. The molecule has 0 aliphatic heterocycles. The summed E-state index contributed by atoms with van der Waals surface area (Å²) in [6, 6.07) is 119. The predicted octanol–water partition coefficient (Wildman–Crippen LogP) is 32.2. The molecule has 5 nitrogen and oxygen atoms in total. The Labute approximate surface area is 742 Å². The molecule has 0 amide bonds. The van der Waals surface area contributed by atoms with Gasteiger partial charge in [0.05, 0.1) is 28.4 Å². The fraction of sp³-hybridized carbons (Fsp3) is 0.0702. The maximum atomic E-state index is 5.44. The van der Waals surface area contributed by atoms with Crippen LogP contribution in [0.25, 0.3) is 104 Å². The number of methoxy groups -OCH3 is 4. The molecule has 0 bridgehead atoms. The summed E-state index contributed by atoms with van der Waals surface area (Å²) in [5.41, 5.74) is 24.5. The first-order chi connectivity index (χ1) is 60.0. The van der Waals surface area contributed by atoms with Crippen LogP contribution in [0.4, 0.5) is 5.69 Å². The lowest BCUT2D eigenvalue weighted by Crippen LogP contribution is -2.08. The van der Waals surface area contributed by atoms with Gasteiger partial charge in [0.2, 0.25) is 0 Å². The lowest BCUT2D eigenvalue weighted by atomic mass is 9.97. The molecule has 4 heterocycles. The maximum Gasteiger partial charge on any atom is 0.130 e. The third kappa shape index (κ3) is 23.2. The third-order valence-corrected chi connectivity index (χ3v) is 25.0. The quantitative estimate of drug-likeness (QED) is 0.0909. The third-order valence-electron chi connectivity index (χ3n) is 20.8. The van der Waals surface area contributed by atoms with E-state index in [4.69, 9.17) is 18.9 Å². The van der Waals surface area contributed by atoms with Crippen LogP contribution in [0.3, 0.4) is 0 Å². The number of ether oxygens (including phenoxy) is 4. The standard InChI is InChI=1S/C19H14S.C18H20O4.C18H14.C16H17N.C14H10.C13H12.C10H8S2.C6H6S/c1-13(17-10-14-6-2-3-7-15(14)11-17)19-12-16-8-4-5-9-18(16)20-19;1-12(15-8-6-13(19-2)10-17(15)21-4)16-9-7-14(20-3)11-18(16)22-5;1-14(15-7-3-2-4-8-15)17-12-11-16-9-5-6-10-18(16)13-17;1-13(14-7-5-4-6-8-14)15-9-11-16(12-10-15)17(2)3;1-10-11-6-2-4-8-13(11)14-9-5-3-7-12(10)14;1-10(2)12-8-7-11-5-3-4-6-13(11)9-12;1-2-8-5-6-10(12-8)9-4-3-7-11-9;1-2-6-4-3-5-7-6/h2-10,12H,1,11H2;6-11H,1H2,2-5H3;2-13H,1H2;4-12H,1H2,2-3H3;2-9H,1H2;3-9H,1H2,2H3;2-7H,1H2;2-5H,1H2. The van der Waals surface area contributed by atoms with E-state index in [0.29, 0.717) is 11.5 Å². The van der Waals surface area contributed by atoms with Crippen LogP contribution in [0.5, 0.6) is 23.0 Å². The average Bonchev–Trinajstić information content (AvgIpc) is 1.64. The van der Waals surface area contributed by atoms with Gasteiger partial charge in [-0.25, -0.2) is 0 Å². The zero-order valence-corrected chi connectivity index (χ0v) is 74.1. The summed E-state index contributed by atoms with van der Waals surface area (Å²) < 4.78 is 22.7. The van der Waals surface area contributed by atoms with Gasteiger partial charge >= 0.3 is 0 Å². The molecule has 610 valence electrons. The number of benzene rings is 13. The van der Waals surface area contributed by atoms with Crippen LogP contribution in [0.15, 0.2) is 415 Å². The predicted molar refractivity (Wildman–Crippen MR) is 541 cm³/mol. The summed E-state index contributed by atoms with van der Waals surface area (Å²) in [6.45, 7) is 34.3. The minimum atomic E-state index is 0.697. The molecule has 123 heavy (non-hydrogen) atoms. The highest BCUT2D eigenvalue weighted by Gasteiger charge is 2.21. The number of hydrogen-bond acceptors (Lipinski definition) is 9. The van der Waals surface area contributed by atoms with Gasteiger partial charge in [-0.15, -0.1) is 45.3 Å². The van der Waals surface area contributed by atoms with E-state index in [2.05, 4.69) is 330 Å². The molecule has 0 saturated carbocycles. The highest BCUT2D eigenvalue weighted by Crippen LogP contribution is 2.44. The van der Waals surface area contributed by atoms with Crippen molar-refractivity contribution in [2.75, 3.05) is 47.4 Å². The normalized spacial score (nSPS) is 10.8. The molecule has 0 saturated heterocycles. The Morgan fingerprint density at radius 2 is 0.829 bits per heavy atom. The van der Waals surface area contributed by atoms with Crippen molar-refractivity contribution >= 4 is 134 Å². The first-order valence-electron chi connectivity index (χ1n) is 40.3. The van der Waals surface area contributed by atoms with E-state index in [1.54, 1.807) is 62.4 Å². The van der Waals surface area contributed by atoms with Crippen molar-refractivity contribution in [1.82, 2.24) is 0 Å². The second kappa shape index (κ2) is 43.9. The topological polar surface area (TPSA) is 40.2 Å². The molecule has 0 spiro atoms. The molecule has 19 rings (SSSR count). The molecular formula is C114H101NO4S4. The fourth-order valence-electron chi connectivity index (χ4n) is 13.9. The Bertz CT molecular complexity index is 6400. The van der Waals surface area contributed by atoms with Crippen molar-refractivity contribution in [3.63, 3.8) is 0 Å². The summed E-state index contributed by atoms with van der Waals surface area (Å²) >= 11 is 7.09. The summed E-state index contributed by atoms with van der Waals surface area (Å²) in [4.78, 5) is 8.52. The molecule has 9 heteroatoms. The largest absolute Gasteiger partial charge is 0.497 e. The molecule has 2 aliphatic carbocycles. The molecular weight excluding hydrogens is 1580 g/mol. The molecule has 0 radical (unpaired) electrons. The first-order valence-corrected chi connectivity index (χ1v) is 43.7. The van der Waals surface area contributed by atoms with E-state index in [1.807, 2.05) is 135 Å². The Morgan fingerprint density at radius 1 is 0.358 bits per heavy atom. The van der Waals surface area contributed by atoms with E-state index >= 15 is 0 Å². The van der Waals surface area contributed by atoms with Crippen molar-refractivity contribution < 1.29 is 18.9 Å². The van der Waals surface area contributed by atoms with Crippen molar-refractivity contribution in [3.8, 4) is 43.9 Å². The average molecular weight is 1680 g/mol. The molecule has 0 N–H and O–H groups in total. The highest BCUT2D eigenvalue weighted by molar-refractivity contribution is 7.21. The van der Waals surface area contributed by atoms with Gasteiger partial charge in [0.25, 0.3) is 0 Å². The monoisotopic (exact) mass is 1680 g/mol. The number of hydrogen-bond donors (Lipinski definition) is 0. The van der Waals surface area contributed by atoms with Gasteiger partial charge in [0.15, 0.2) is 0 Å². The van der Waals surface area contributed by atoms with Crippen LogP contribution >= 0.6 is 45.3 Å². The minimum absolute atomic E-state index is 0.697.